The first-order valence-corrected chi connectivity index (χ1v) is 6.39. The number of benzene rings is 1. The average Bonchev–Trinajstić information content (AvgIpc) is 2.38. The smallest absolute Gasteiger partial charge is 0.322 e. The maximum Gasteiger partial charge on any atom is 0.376 e. The summed E-state index contributed by atoms with van der Waals surface area (Å²) in [7, 11) is -0.935. The zero-order chi connectivity index (χ0) is 12.7. The van der Waals surface area contributed by atoms with Crippen LogP contribution in [0.2, 0.25) is 0 Å². The van der Waals surface area contributed by atoms with Crippen molar-refractivity contribution >= 4 is 20.1 Å². The molecule has 0 atom stereocenters. The molecular weight excluding hydrogens is 241 g/mol. The lowest BCUT2D eigenvalue weighted by Crippen LogP contribution is -2.12. The monoisotopic (exact) mass is 255 g/mol. The SMILES string of the molecule is COP(=O)(OC)/C(=C\c1ccccc1)NC=O. The molecule has 92 valence electrons. The van der Waals surface area contributed by atoms with Crippen molar-refractivity contribution in [2.75, 3.05) is 14.2 Å². The lowest BCUT2D eigenvalue weighted by Gasteiger charge is -2.16. The van der Waals surface area contributed by atoms with Gasteiger partial charge in [-0.2, -0.15) is 0 Å². The number of rotatable bonds is 6. The normalized spacial score (nSPS) is 12.2. The van der Waals surface area contributed by atoms with E-state index in [0.717, 1.165) is 5.56 Å². The van der Waals surface area contributed by atoms with Gasteiger partial charge >= 0.3 is 7.60 Å². The van der Waals surface area contributed by atoms with Gasteiger partial charge in [-0.15, -0.1) is 0 Å². The van der Waals surface area contributed by atoms with Crippen molar-refractivity contribution in [3.8, 4) is 0 Å². The van der Waals surface area contributed by atoms with Crippen LogP contribution in [-0.2, 0) is 18.4 Å². The van der Waals surface area contributed by atoms with Gasteiger partial charge in [0.25, 0.3) is 0 Å². The Morgan fingerprint density at radius 2 is 1.82 bits per heavy atom. The summed E-state index contributed by atoms with van der Waals surface area (Å²) in [4.78, 5) is 10.5. The first kappa shape index (κ1) is 13.6. The summed E-state index contributed by atoms with van der Waals surface area (Å²) in [6.45, 7) is 0. The molecule has 0 bridgehead atoms. The van der Waals surface area contributed by atoms with Crippen molar-refractivity contribution in [2.45, 2.75) is 0 Å². The van der Waals surface area contributed by atoms with E-state index in [1.165, 1.54) is 14.2 Å². The maximum atomic E-state index is 12.1. The molecule has 6 heteroatoms. The lowest BCUT2D eigenvalue weighted by molar-refractivity contribution is -0.108. The number of carbonyl (C=O) groups is 1. The van der Waals surface area contributed by atoms with Crippen molar-refractivity contribution in [1.82, 2.24) is 5.32 Å². The van der Waals surface area contributed by atoms with Crippen LogP contribution in [0.15, 0.2) is 35.8 Å². The summed E-state index contributed by atoms with van der Waals surface area (Å²) in [5.74, 6) is 0. The minimum absolute atomic E-state index is 0.101. The van der Waals surface area contributed by atoms with Gasteiger partial charge in [-0.1, -0.05) is 30.3 Å². The van der Waals surface area contributed by atoms with Crippen LogP contribution in [0.5, 0.6) is 0 Å². The molecule has 1 aromatic carbocycles. The van der Waals surface area contributed by atoms with Crippen molar-refractivity contribution < 1.29 is 18.4 Å². The molecular formula is C11H14NO4P. The van der Waals surface area contributed by atoms with Gasteiger partial charge in [0.1, 0.15) is 5.44 Å². The van der Waals surface area contributed by atoms with Crippen molar-refractivity contribution in [1.29, 1.82) is 0 Å². The van der Waals surface area contributed by atoms with Crippen molar-refractivity contribution in [3.05, 3.63) is 41.3 Å². The molecule has 1 aromatic rings. The van der Waals surface area contributed by atoms with Crippen LogP contribution < -0.4 is 5.32 Å². The molecule has 0 aliphatic rings. The van der Waals surface area contributed by atoms with Crippen LogP contribution in [0.3, 0.4) is 0 Å². The molecule has 0 spiro atoms. The molecule has 0 saturated carbocycles. The molecule has 1 rings (SSSR count). The predicted molar refractivity (Wildman–Crippen MR) is 65.2 cm³/mol. The molecule has 0 radical (unpaired) electrons. The fourth-order valence-corrected chi connectivity index (χ4v) is 2.30. The summed E-state index contributed by atoms with van der Waals surface area (Å²) in [6.07, 6.45) is 1.97. The first-order valence-electron chi connectivity index (χ1n) is 4.85. The highest BCUT2D eigenvalue weighted by Gasteiger charge is 2.27. The fraction of sp³-hybridized carbons (Fsp3) is 0.182. The van der Waals surface area contributed by atoms with Crippen LogP contribution in [-0.4, -0.2) is 20.6 Å². The molecule has 0 heterocycles. The van der Waals surface area contributed by atoms with Gasteiger partial charge in [0, 0.05) is 14.2 Å². The number of hydrogen-bond donors (Lipinski definition) is 1. The summed E-state index contributed by atoms with van der Waals surface area (Å²) in [5.41, 5.74) is 0.884. The second-order valence-corrected chi connectivity index (χ2v) is 5.27. The number of amides is 1. The summed E-state index contributed by atoms with van der Waals surface area (Å²) < 4.78 is 21.7. The molecule has 0 aromatic heterocycles. The quantitative estimate of drug-likeness (QED) is 0.625. The molecule has 0 aliphatic carbocycles. The minimum atomic E-state index is -3.45. The number of nitrogens with one attached hydrogen (secondary N) is 1. The van der Waals surface area contributed by atoms with Gasteiger partial charge in [-0.3, -0.25) is 9.36 Å². The Morgan fingerprint density at radius 1 is 1.24 bits per heavy atom. The molecule has 1 amide bonds. The highest BCUT2D eigenvalue weighted by molar-refractivity contribution is 7.58. The van der Waals surface area contributed by atoms with Crippen molar-refractivity contribution in [2.24, 2.45) is 0 Å². The highest BCUT2D eigenvalue weighted by atomic mass is 31.2. The third-order valence-corrected chi connectivity index (χ3v) is 3.90. The van der Waals surface area contributed by atoms with Crippen LogP contribution in [0.25, 0.3) is 6.08 Å². The minimum Gasteiger partial charge on any atom is -0.322 e. The zero-order valence-corrected chi connectivity index (χ0v) is 10.5. The van der Waals surface area contributed by atoms with Gasteiger partial charge in [-0.25, -0.2) is 0 Å². The second kappa shape index (κ2) is 6.35. The Labute approximate surface area is 100.0 Å². The van der Waals surface area contributed by atoms with E-state index >= 15 is 0 Å². The maximum absolute atomic E-state index is 12.1. The van der Waals surface area contributed by atoms with Crippen molar-refractivity contribution in [3.63, 3.8) is 0 Å². The Morgan fingerprint density at radius 3 is 2.29 bits per heavy atom. The summed E-state index contributed by atoms with van der Waals surface area (Å²) >= 11 is 0. The van der Waals surface area contributed by atoms with Crippen LogP contribution in [0, 0.1) is 0 Å². The summed E-state index contributed by atoms with van der Waals surface area (Å²) in [5, 5.41) is 2.34. The molecule has 5 nitrogen and oxygen atoms in total. The standard InChI is InChI=1S/C11H14NO4P/c1-15-17(14,16-2)11(12-9-13)8-10-6-4-3-5-7-10/h3-9H,1-2H3,(H,12,13)/b11-8-. The van der Waals surface area contributed by atoms with E-state index in [0.29, 0.717) is 6.41 Å². The third kappa shape index (κ3) is 3.53. The Hall–Kier alpha value is -1.42. The molecule has 17 heavy (non-hydrogen) atoms. The number of hydrogen-bond acceptors (Lipinski definition) is 4. The van der Waals surface area contributed by atoms with E-state index in [9.17, 15) is 9.36 Å². The van der Waals surface area contributed by atoms with Gasteiger partial charge in [0.15, 0.2) is 0 Å². The Balaban J connectivity index is 3.13. The third-order valence-electron chi connectivity index (χ3n) is 2.09. The van der Waals surface area contributed by atoms with Crippen LogP contribution >= 0.6 is 7.60 Å². The second-order valence-electron chi connectivity index (χ2n) is 3.07. The molecule has 0 saturated heterocycles. The number of carbonyl (C=O) groups excluding carboxylic acids is 1. The van der Waals surface area contributed by atoms with Gasteiger partial charge in [0.05, 0.1) is 0 Å². The largest absolute Gasteiger partial charge is 0.376 e. The predicted octanol–water partition coefficient (Wildman–Crippen LogP) is 2.22. The zero-order valence-electron chi connectivity index (χ0n) is 9.62. The van der Waals surface area contributed by atoms with E-state index in [4.69, 9.17) is 9.05 Å². The van der Waals surface area contributed by atoms with Gasteiger partial charge < -0.3 is 14.4 Å². The average molecular weight is 255 g/mol. The van der Waals surface area contributed by atoms with E-state index in [2.05, 4.69) is 5.32 Å². The Kier molecular flexibility index (Phi) is 5.10. The van der Waals surface area contributed by atoms with Crippen LogP contribution in [0.4, 0.5) is 0 Å². The van der Waals surface area contributed by atoms with E-state index in [1.807, 2.05) is 30.3 Å². The molecule has 0 fully saturated rings. The lowest BCUT2D eigenvalue weighted by atomic mass is 10.2. The van der Waals surface area contributed by atoms with Gasteiger partial charge in [-0.05, 0) is 11.6 Å². The van der Waals surface area contributed by atoms with Gasteiger partial charge in [0.2, 0.25) is 6.41 Å². The Bertz CT molecular complexity index is 436. The van der Waals surface area contributed by atoms with E-state index in [1.54, 1.807) is 6.08 Å². The fourth-order valence-electron chi connectivity index (χ4n) is 1.24. The molecule has 0 aliphatic heterocycles. The van der Waals surface area contributed by atoms with E-state index < -0.39 is 7.60 Å². The van der Waals surface area contributed by atoms with E-state index in [-0.39, 0.29) is 5.44 Å². The molecule has 1 N–H and O–H groups in total. The topological polar surface area (TPSA) is 64.6 Å². The first-order chi connectivity index (χ1) is 8.16. The van der Waals surface area contributed by atoms with Crippen LogP contribution in [0.1, 0.15) is 5.56 Å². The highest BCUT2D eigenvalue weighted by Crippen LogP contribution is 2.53. The summed E-state index contributed by atoms with van der Waals surface area (Å²) in [6, 6.07) is 9.13. The molecule has 0 unspecified atom stereocenters.